The Kier molecular flexibility index (Phi) is 3.67. The van der Waals surface area contributed by atoms with Crippen LogP contribution in [-0.4, -0.2) is 16.0 Å². The molecule has 0 amide bonds. The monoisotopic (exact) mass is 273 g/mol. The van der Waals surface area contributed by atoms with E-state index < -0.39 is 0 Å². The highest BCUT2D eigenvalue weighted by molar-refractivity contribution is 5.60. The van der Waals surface area contributed by atoms with Gasteiger partial charge in [0.25, 0.3) is 0 Å². The van der Waals surface area contributed by atoms with Crippen molar-refractivity contribution in [2.24, 2.45) is 11.1 Å². The van der Waals surface area contributed by atoms with Gasteiger partial charge in [-0.25, -0.2) is 4.98 Å². The van der Waals surface area contributed by atoms with Crippen LogP contribution >= 0.6 is 0 Å². The molecule has 3 rings (SSSR count). The highest BCUT2D eigenvalue weighted by Crippen LogP contribution is 2.28. The zero-order valence-electron chi connectivity index (χ0n) is 11.7. The number of pyridine rings is 1. The summed E-state index contributed by atoms with van der Waals surface area (Å²) in [5.41, 5.74) is 1.31. The second-order valence-corrected chi connectivity index (χ2v) is 5.49. The molecule has 20 heavy (non-hydrogen) atoms. The molecule has 1 saturated carbocycles. The number of aromatic nitrogens is 2. The highest BCUT2D eigenvalue weighted by atomic mass is 16.5. The maximum Gasteiger partial charge on any atom is 0.204 e. The van der Waals surface area contributed by atoms with Crippen molar-refractivity contribution >= 4 is 11.5 Å². The summed E-state index contributed by atoms with van der Waals surface area (Å²) in [4.78, 5) is 15.3. The van der Waals surface area contributed by atoms with Gasteiger partial charge in [-0.1, -0.05) is 19.3 Å². The van der Waals surface area contributed by atoms with E-state index in [-0.39, 0.29) is 0 Å². The molecule has 0 atom stereocenters. The van der Waals surface area contributed by atoms with Crippen LogP contribution in [-0.2, 0) is 0 Å². The van der Waals surface area contributed by atoms with E-state index in [2.05, 4.69) is 10.2 Å². The van der Waals surface area contributed by atoms with Crippen molar-refractivity contribution in [1.82, 2.24) is 9.38 Å². The Labute approximate surface area is 117 Å². The Morgan fingerprint density at radius 3 is 2.95 bits per heavy atom. The lowest BCUT2D eigenvalue weighted by Gasteiger charge is -2.21. The van der Waals surface area contributed by atoms with E-state index in [1.807, 2.05) is 12.1 Å². The van der Waals surface area contributed by atoms with Crippen molar-refractivity contribution in [3.05, 3.63) is 28.9 Å². The van der Waals surface area contributed by atoms with Crippen molar-refractivity contribution in [1.29, 1.82) is 0 Å². The summed E-state index contributed by atoms with van der Waals surface area (Å²) < 4.78 is 7.64. The number of hydrogen-bond acceptors (Lipinski definition) is 4. The molecule has 2 heterocycles. The maximum absolute atomic E-state index is 10.9. The van der Waals surface area contributed by atoms with E-state index in [1.165, 1.54) is 32.1 Å². The lowest BCUT2D eigenvalue weighted by Crippen LogP contribution is -2.15. The van der Waals surface area contributed by atoms with E-state index in [4.69, 9.17) is 4.74 Å². The van der Waals surface area contributed by atoms with Gasteiger partial charge in [0.1, 0.15) is 0 Å². The lowest BCUT2D eigenvalue weighted by molar-refractivity contribution is 0.210. The quantitative estimate of drug-likeness (QED) is 0.791. The van der Waals surface area contributed by atoms with Crippen LogP contribution in [0.4, 0.5) is 5.82 Å². The molecule has 0 bridgehead atoms. The molecular formula is C15H19N3O2. The van der Waals surface area contributed by atoms with Crippen LogP contribution in [0.1, 0.15) is 37.8 Å². The Hall–Kier alpha value is -1.91. The van der Waals surface area contributed by atoms with Crippen molar-refractivity contribution in [2.45, 2.75) is 39.0 Å². The zero-order chi connectivity index (χ0) is 13.9. The van der Waals surface area contributed by atoms with Gasteiger partial charge >= 0.3 is 0 Å². The zero-order valence-corrected chi connectivity index (χ0v) is 11.7. The highest BCUT2D eigenvalue weighted by Gasteiger charge is 2.16. The standard InChI is InChI=1S/C15H19N3O2/c1-11-14(17-19)18-9-5-8-13(15(18)16-11)20-10-12-6-3-2-4-7-12/h5,8-9,12H,2-4,6-7,10H2,1H3. The van der Waals surface area contributed by atoms with Crippen molar-refractivity contribution in [3.63, 3.8) is 0 Å². The van der Waals surface area contributed by atoms with Crippen LogP contribution in [0.5, 0.6) is 5.75 Å². The number of aryl methyl sites for hydroxylation is 1. The average Bonchev–Trinajstić information content (AvgIpc) is 2.82. The summed E-state index contributed by atoms with van der Waals surface area (Å²) in [6, 6.07) is 3.76. The van der Waals surface area contributed by atoms with E-state index in [9.17, 15) is 4.91 Å². The Morgan fingerprint density at radius 1 is 1.40 bits per heavy atom. The molecule has 1 aliphatic rings. The molecule has 5 nitrogen and oxygen atoms in total. The number of rotatable bonds is 4. The fraction of sp³-hybridized carbons (Fsp3) is 0.533. The van der Waals surface area contributed by atoms with Crippen molar-refractivity contribution in [2.75, 3.05) is 6.61 Å². The van der Waals surface area contributed by atoms with E-state index in [0.29, 0.717) is 23.1 Å². The first kappa shape index (κ1) is 13.1. The summed E-state index contributed by atoms with van der Waals surface area (Å²) in [5.74, 6) is 1.72. The predicted molar refractivity (Wildman–Crippen MR) is 77.5 cm³/mol. The normalized spacial score (nSPS) is 16.4. The largest absolute Gasteiger partial charge is 0.489 e. The van der Waals surface area contributed by atoms with Gasteiger partial charge in [-0.2, -0.15) is 0 Å². The second-order valence-electron chi connectivity index (χ2n) is 5.49. The van der Waals surface area contributed by atoms with Gasteiger partial charge in [-0.3, -0.25) is 4.40 Å². The molecule has 0 N–H and O–H groups in total. The predicted octanol–water partition coefficient (Wildman–Crippen LogP) is 4.00. The molecule has 0 spiro atoms. The summed E-state index contributed by atoms with van der Waals surface area (Å²) in [6.07, 6.45) is 8.24. The number of hydrogen-bond donors (Lipinski definition) is 0. The van der Waals surface area contributed by atoms with Crippen molar-refractivity contribution < 1.29 is 4.74 Å². The number of imidazole rings is 1. The molecule has 1 fully saturated rings. The van der Waals surface area contributed by atoms with E-state index >= 15 is 0 Å². The van der Waals surface area contributed by atoms with Gasteiger partial charge in [0, 0.05) is 6.20 Å². The lowest BCUT2D eigenvalue weighted by atomic mass is 9.90. The Morgan fingerprint density at radius 2 is 2.20 bits per heavy atom. The smallest absolute Gasteiger partial charge is 0.204 e. The SMILES string of the molecule is Cc1nc2c(OCC3CCCCC3)cccn2c1N=O. The topological polar surface area (TPSA) is 56.0 Å². The van der Waals surface area contributed by atoms with Crippen LogP contribution < -0.4 is 4.74 Å². The number of nitroso groups, excluding NO2 is 1. The third-order valence-electron chi connectivity index (χ3n) is 4.04. The third-order valence-corrected chi connectivity index (χ3v) is 4.04. The fourth-order valence-corrected chi connectivity index (χ4v) is 2.93. The van der Waals surface area contributed by atoms with E-state index in [1.54, 1.807) is 17.5 Å². The van der Waals surface area contributed by atoms with Crippen LogP contribution in [0, 0.1) is 17.7 Å². The average molecular weight is 273 g/mol. The summed E-state index contributed by atoms with van der Waals surface area (Å²) in [6.45, 7) is 2.52. The molecule has 2 aromatic heterocycles. The molecule has 0 aliphatic heterocycles. The van der Waals surface area contributed by atoms with Crippen LogP contribution in [0.2, 0.25) is 0 Å². The van der Waals surface area contributed by atoms with Crippen LogP contribution in [0.15, 0.2) is 23.5 Å². The second kappa shape index (κ2) is 5.61. The van der Waals surface area contributed by atoms with Gasteiger partial charge in [0.05, 0.1) is 12.3 Å². The van der Waals surface area contributed by atoms with Gasteiger partial charge < -0.3 is 4.74 Å². The molecule has 106 valence electrons. The van der Waals surface area contributed by atoms with Gasteiger partial charge in [0.2, 0.25) is 5.82 Å². The van der Waals surface area contributed by atoms with E-state index in [0.717, 1.165) is 12.4 Å². The number of nitrogens with zero attached hydrogens (tertiary/aromatic N) is 3. The Balaban J connectivity index is 1.82. The minimum atomic E-state index is 0.350. The molecule has 0 aromatic carbocycles. The molecule has 0 unspecified atom stereocenters. The fourth-order valence-electron chi connectivity index (χ4n) is 2.93. The van der Waals surface area contributed by atoms with Gasteiger partial charge in [-0.05, 0) is 43.0 Å². The maximum atomic E-state index is 10.9. The molecule has 2 aromatic rings. The molecule has 1 aliphatic carbocycles. The minimum Gasteiger partial charge on any atom is -0.489 e. The molecular weight excluding hydrogens is 254 g/mol. The summed E-state index contributed by atoms with van der Waals surface area (Å²) in [5, 5.41) is 3.04. The molecule has 0 saturated heterocycles. The molecule has 5 heteroatoms. The first-order chi connectivity index (χ1) is 9.79. The first-order valence-corrected chi connectivity index (χ1v) is 7.23. The summed E-state index contributed by atoms with van der Waals surface area (Å²) >= 11 is 0. The third kappa shape index (κ3) is 2.40. The van der Waals surface area contributed by atoms with Crippen LogP contribution in [0.25, 0.3) is 5.65 Å². The van der Waals surface area contributed by atoms with Gasteiger partial charge in [0.15, 0.2) is 11.4 Å². The minimum absolute atomic E-state index is 0.350. The number of fused-ring (bicyclic) bond motifs is 1. The van der Waals surface area contributed by atoms with Gasteiger partial charge in [-0.15, -0.1) is 4.91 Å². The Bertz CT molecular complexity index is 615. The molecule has 0 radical (unpaired) electrons. The summed E-state index contributed by atoms with van der Waals surface area (Å²) in [7, 11) is 0. The number of ether oxygens (including phenoxy) is 1. The first-order valence-electron chi connectivity index (χ1n) is 7.23. The van der Waals surface area contributed by atoms with Crippen molar-refractivity contribution in [3.8, 4) is 5.75 Å². The van der Waals surface area contributed by atoms with Crippen LogP contribution in [0.3, 0.4) is 0 Å².